The molecule has 0 aromatic carbocycles. The van der Waals surface area contributed by atoms with E-state index in [1.54, 1.807) is 16.7 Å². The predicted molar refractivity (Wildman–Crippen MR) is 119 cm³/mol. The molecule has 1 fully saturated rings. The quantitative estimate of drug-likeness (QED) is 0.503. The Morgan fingerprint density at radius 2 is 1.96 bits per heavy atom. The van der Waals surface area contributed by atoms with Gasteiger partial charge >= 0.3 is 0 Å². The van der Waals surface area contributed by atoms with Gasteiger partial charge < -0.3 is 5.11 Å². The second-order valence-electron chi connectivity index (χ2n) is 11.3. The summed E-state index contributed by atoms with van der Waals surface area (Å²) in [7, 11) is 0. The Morgan fingerprint density at radius 1 is 1.18 bits per heavy atom. The molecule has 0 radical (unpaired) electrons. The van der Waals surface area contributed by atoms with Gasteiger partial charge in [-0.3, -0.25) is 0 Å². The molecule has 4 rings (SSSR count). The van der Waals surface area contributed by atoms with Crippen LogP contribution in [0.3, 0.4) is 0 Å². The van der Waals surface area contributed by atoms with Crippen molar-refractivity contribution >= 4 is 0 Å². The van der Waals surface area contributed by atoms with Crippen LogP contribution in [0, 0.1) is 28.6 Å². The maximum absolute atomic E-state index is 10.2. The van der Waals surface area contributed by atoms with Gasteiger partial charge in [0.25, 0.3) is 0 Å². The number of rotatable bonds is 4. The summed E-state index contributed by atoms with van der Waals surface area (Å²) < 4.78 is 0. The molecule has 4 aliphatic rings. The molecular weight excluding hydrogens is 340 g/mol. The molecule has 0 heterocycles. The van der Waals surface area contributed by atoms with Crippen molar-refractivity contribution < 1.29 is 5.11 Å². The van der Waals surface area contributed by atoms with Crippen molar-refractivity contribution in [1.82, 2.24) is 0 Å². The SMILES string of the molecule is CC(C)=CCC[C@@H](C)[C@H]1CC=C2C3=C(CC[C@@]21C)[C@@]1(C)CCC(O)CC1CC3. The maximum Gasteiger partial charge on any atom is 0.0543 e. The van der Waals surface area contributed by atoms with Gasteiger partial charge in [0, 0.05) is 0 Å². The van der Waals surface area contributed by atoms with Crippen molar-refractivity contribution in [2.75, 3.05) is 0 Å². The number of aliphatic hydroxyl groups excluding tert-OH is 1. The third-order valence-electron chi connectivity index (χ3n) is 9.34. The summed E-state index contributed by atoms with van der Waals surface area (Å²) in [4.78, 5) is 0. The summed E-state index contributed by atoms with van der Waals surface area (Å²) in [6, 6.07) is 0. The van der Waals surface area contributed by atoms with Crippen molar-refractivity contribution in [2.45, 2.75) is 105 Å². The normalized spacial score (nSPS) is 40.9. The second kappa shape index (κ2) is 7.46. The van der Waals surface area contributed by atoms with E-state index in [0.717, 1.165) is 24.7 Å². The van der Waals surface area contributed by atoms with Gasteiger partial charge in [-0.15, -0.1) is 0 Å². The third-order valence-corrected chi connectivity index (χ3v) is 9.34. The van der Waals surface area contributed by atoms with Crippen LogP contribution in [0.2, 0.25) is 0 Å². The minimum Gasteiger partial charge on any atom is -0.393 e. The molecule has 2 unspecified atom stereocenters. The fourth-order valence-electron chi connectivity index (χ4n) is 7.57. The van der Waals surface area contributed by atoms with Gasteiger partial charge in [0.2, 0.25) is 0 Å². The molecule has 0 spiro atoms. The topological polar surface area (TPSA) is 20.2 Å². The van der Waals surface area contributed by atoms with E-state index < -0.39 is 0 Å². The highest BCUT2D eigenvalue weighted by atomic mass is 16.3. The highest BCUT2D eigenvalue weighted by molar-refractivity contribution is 5.49. The van der Waals surface area contributed by atoms with Crippen molar-refractivity contribution in [3.05, 3.63) is 34.4 Å². The average molecular weight is 383 g/mol. The summed E-state index contributed by atoms with van der Waals surface area (Å²) >= 11 is 0. The van der Waals surface area contributed by atoms with Crippen LogP contribution in [0.25, 0.3) is 0 Å². The molecule has 1 N–H and O–H groups in total. The van der Waals surface area contributed by atoms with Gasteiger partial charge in [-0.25, -0.2) is 0 Å². The van der Waals surface area contributed by atoms with Gasteiger partial charge in [-0.2, -0.15) is 0 Å². The first-order valence-electron chi connectivity index (χ1n) is 12.0. The summed E-state index contributed by atoms with van der Waals surface area (Å²) in [5.74, 6) is 2.33. The molecular formula is C27H42O. The first-order chi connectivity index (χ1) is 13.3. The summed E-state index contributed by atoms with van der Waals surface area (Å²) in [5.41, 5.74) is 7.54. The fraction of sp³-hybridized carbons (Fsp3) is 0.778. The zero-order valence-electron chi connectivity index (χ0n) is 19.0. The summed E-state index contributed by atoms with van der Waals surface area (Å²) in [5, 5.41) is 10.2. The molecule has 6 atom stereocenters. The third kappa shape index (κ3) is 3.26. The van der Waals surface area contributed by atoms with Crippen molar-refractivity contribution in [1.29, 1.82) is 0 Å². The lowest BCUT2D eigenvalue weighted by Crippen LogP contribution is -2.44. The van der Waals surface area contributed by atoms with Gasteiger partial charge in [-0.05, 0) is 118 Å². The minimum atomic E-state index is -0.0502. The lowest BCUT2D eigenvalue weighted by molar-refractivity contribution is 0.0225. The lowest BCUT2D eigenvalue weighted by Gasteiger charge is -2.54. The van der Waals surface area contributed by atoms with Gasteiger partial charge in [0.15, 0.2) is 0 Å². The lowest BCUT2D eigenvalue weighted by atomic mass is 9.51. The molecule has 0 saturated heterocycles. The number of hydrogen-bond donors (Lipinski definition) is 1. The van der Waals surface area contributed by atoms with Crippen LogP contribution >= 0.6 is 0 Å². The molecule has 0 bridgehead atoms. The highest BCUT2D eigenvalue weighted by Gasteiger charge is 2.52. The highest BCUT2D eigenvalue weighted by Crippen LogP contribution is 2.64. The van der Waals surface area contributed by atoms with Crippen LogP contribution in [-0.4, -0.2) is 11.2 Å². The summed E-state index contributed by atoms with van der Waals surface area (Å²) in [6.07, 6.45) is 17.3. The maximum atomic E-state index is 10.2. The van der Waals surface area contributed by atoms with Crippen LogP contribution in [0.15, 0.2) is 34.4 Å². The van der Waals surface area contributed by atoms with E-state index in [-0.39, 0.29) is 6.10 Å². The molecule has 0 aromatic heterocycles. The zero-order chi connectivity index (χ0) is 20.1. The Kier molecular flexibility index (Phi) is 5.45. The zero-order valence-corrected chi connectivity index (χ0v) is 19.0. The number of allylic oxidation sites excluding steroid dienone is 6. The Morgan fingerprint density at radius 3 is 2.71 bits per heavy atom. The molecule has 28 heavy (non-hydrogen) atoms. The molecule has 1 saturated carbocycles. The van der Waals surface area contributed by atoms with E-state index >= 15 is 0 Å². The Hall–Kier alpha value is -0.820. The average Bonchev–Trinajstić information content (AvgIpc) is 2.99. The number of aliphatic hydroxyl groups is 1. The van der Waals surface area contributed by atoms with Gasteiger partial charge in [0.1, 0.15) is 0 Å². The van der Waals surface area contributed by atoms with E-state index in [4.69, 9.17) is 0 Å². The van der Waals surface area contributed by atoms with Crippen LogP contribution in [0.5, 0.6) is 0 Å². The van der Waals surface area contributed by atoms with Gasteiger partial charge in [-0.1, -0.05) is 44.1 Å². The van der Waals surface area contributed by atoms with Crippen molar-refractivity contribution in [3.63, 3.8) is 0 Å². The largest absolute Gasteiger partial charge is 0.393 e. The van der Waals surface area contributed by atoms with Crippen LogP contribution in [-0.2, 0) is 0 Å². The van der Waals surface area contributed by atoms with E-state index in [9.17, 15) is 5.11 Å². The second-order valence-corrected chi connectivity index (χ2v) is 11.3. The van der Waals surface area contributed by atoms with Crippen LogP contribution < -0.4 is 0 Å². The first-order valence-corrected chi connectivity index (χ1v) is 12.0. The van der Waals surface area contributed by atoms with Crippen LogP contribution in [0.1, 0.15) is 98.8 Å². The molecule has 4 aliphatic carbocycles. The molecule has 1 nitrogen and oxygen atoms in total. The minimum absolute atomic E-state index is 0.0502. The smallest absolute Gasteiger partial charge is 0.0543 e. The monoisotopic (exact) mass is 382 g/mol. The molecule has 0 aliphatic heterocycles. The molecule has 1 heteroatoms. The summed E-state index contributed by atoms with van der Waals surface area (Å²) in [6.45, 7) is 12.1. The fourth-order valence-corrected chi connectivity index (χ4v) is 7.57. The predicted octanol–water partition coefficient (Wildman–Crippen LogP) is 7.37. The van der Waals surface area contributed by atoms with Gasteiger partial charge in [0.05, 0.1) is 6.10 Å². The standard InChI is InChI=1S/C27H42O/c1-18(2)7-6-8-19(3)23-11-12-24-22-10-9-20-17-21(28)13-15-26(20,4)25(22)14-16-27(23,24)5/h7,12,19-21,23,28H,6,8-11,13-17H2,1-5H3/t19-,20?,21?,23-,26+,27-/m1/s1. The Bertz CT molecular complexity index is 706. The van der Waals surface area contributed by atoms with Crippen LogP contribution in [0.4, 0.5) is 0 Å². The molecule has 0 amide bonds. The Balaban J connectivity index is 1.56. The molecule has 0 aromatic rings. The van der Waals surface area contributed by atoms with E-state index in [1.807, 2.05) is 0 Å². The first kappa shape index (κ1) is 20.5. The number of hydrogen-bond acceptors (Lipinski definition) is 1. The molecule has 156 valence electrons. The van der Waals surface area contributed by atoms with Crippen molar-refractivity contribution in [2.24, 2.45) is 28.6 Å². The van der Waals surface area contributed by atoms with E-state index in [2.05, 4.69) is 46.8 Å². The van der Waals surface area contributed by atoms with Crippen molar-refractivity contribution in [3.8, 4) is 0 Å². The number of fused-ring (bicyclic) bond motifs is 4. The Labute approximate surface area is 173 Å². The van der Waals surface area contributed by atoms with E-state index in [1.165, 1.54) is 56.9 Å². The van der Waals surface area contributed by atoms with E-state index in [0.29, 0.717) is 16.7 Å².